The molecule has 48 valence electrons. The summed E-state index contributed by atoms with van der Waals surface area (Å²) in [6, 6.07) is 0. The number of carboxylic acids is 1. The molecule has 1 heterocycles. The van der Waals surface area contributed by atoms with Crippen molar-refractivity contribution in [1.82, 2.24) is 0 Å². The van der Waals surface area contributed by atoms with Crippen LogP contribution < -0.4 is 0 Å². The van der Waals surface area contributed by atoms with E-state index in [0.717, 1.165) is 6.34 Å². The lowest BCUT2D eigenvalue weighted by Gasteiger charge is -2.01. The van der Waals surface area contributed by atoms with Crippen molar-refractivity contribution in [2.75, 3.05) is 0 Å². The number of halogens is 1. The Morgan fingerprint density at radius 1 is 1.78 bits per heavy atom. The summed E-state index contributed by atoms with van der Waals surface area (Å²) in [7, 11) is 0. The van der Waals surface area contributed by atoms with Crippen molar-refractivity contribution in [2.45, 2.75) is 5.92 Å². The van der Waals surface area contributed by atoms with Crippen LogP contribution in [0.25, 0.3) is 0 Å². The number of hydrogen-bond donors (Lipinski definition) is 1. The fourth-order valence-corrected chi connectivity index (χ4v) is 0.328. The molecular weight excluding hydrogens is 129 g/mol. The van der Waals surface area contributed by atoms with Crippen molar-refractivity contribution in [3.05, 3.63) is 0 Å². The third kappa shape index (κ3) is 0.778. The molecule has 0 amide bonds. The van der Waals surface area contributed by atoms with E-state index < -0.39 is 11.9 Å². The van der Waals surface area contributed by atoms with Gasteiger partial charge in [0.2, 0.25) is 0 Å². The third-order valence-corrected chi connectivity index (χ3v) is 0.743. The van der Waals surface area contributed by atoms with Crippen LogP contribution in [0.15, 0.2) is 15.2 Å². The Kier molecular flexibility index (Phi) is 1.01. The van der Waals surface area contributed by atoms with Crippen LogP contribution in [0.1, 0.15) is 0 Å². The minimum atomic E-state index is -2.86. The number of nitrogens with zero attached hydrogens (tertiary/aromatic N) is 3. The van der Waals surface area contributed by atoms with E-state index in [0.29, 0.717) is 0 Å². The fourth-order valence-electron chi connectivity index (χ4n) is 0.328. The van der Waals surface area contributed by atoms with Gasteiger partial charge >= 0.3 is 11.9 Å². The molecule has 1 aliphatic rings. The zero-order valence-corrected chi connectivity index (χ0v) is 4.15. The van der Waals surface area contributed by atoms with Crippen LogP contribution in [-0.2, 0) is 4.79 Å². The molecule has 0 saturated heterocycles. The standard InChI is InChI=1S/C3H2FN3O2/c4-3(2(8)9)5-1-6-7-3/h1H,(H,8,9). The Morgan fingerprint density at radius 3 is 2.67 bits per heavy atom. The summed E-state index contributed by atoms with van der Waals surface area (Å²) >= 11 is 0. The van der Waals surface area contributed by atoms with Gasteiger partial charge in [-0.1, -0.05) is 0 Å². The molecule has 0 aromatic heterocycles. The van der Waals surface area contributed by atoms with E-state index in [9.17, 15) is 9.18 Å². The molecule has 1 atom stereocenters. The van der Waals surface area contributed by atoms with E-state index in [1.807, 2.05) is 0 Å². The highest BCUT2D eigenvalue weighted by molar-refractivity contribution is 5.80. The molecule has 0 fully saturated rings. The van der Waals surface area contributed by atoms with Crippen molar-refractivity contribution in [1.29, 1.82) is 0 Å². The Bertz CT molecular complexity index is 187. The van der Waals surface area contributed by atoms with Gasteiger partial charge in [0.15, 0.2) is 0 Å². The Morgan fingerprint density at radius 2 is 2.44 bits per heavy atom. The lowest BCUT2D eigenvalue weighted by atomic mass is 10.5. The summed E-state index contributed by atoms with van der Waals surface area (Å²) in [5.41, 5.74) is 0. The molecular formula is C3H2FN3O2. The van der Waals surface area contributed by atoms with Crippen LogP contribution in [-0.4, -0.2) is 23.3 Å². The number of aliphatic carboxylic acids is 1. The second-order valence-electron chi connectivity index (χ2n) is 1.35. The molecule has 0 bridgehead atoms. The lowest BCUT2D eigenvalue weighted by Crippen LogP contribution is -2.26. The van der Waals surface area contributed by atoms with E-state index >= 15 is 0 Å². The highest BCUT2D eigenvalue weighted by Gasteiger charge is 2.40. The van der Waals surface area contributed by atoms with E-state index in [2.05, 4.69) is 15.2 Å². The molecule has 1 rings (SSSR count). The van der Waals surface area contributed by atoms with Crippen molar-refractivity contribution in [2.24, 2.45) is 15.2 Å². The van der Waals surface area contributed by atoms with E-state index in [-0.39, 0.29) is 0 Å². The van der Waals surface area contributed by atoms with Crippen LogP contribution >= 0.6 is 0 Å². The van der Waals surface area contributed by atoms with E-state index in [1.54, 1.807) is 0 Å². The second-order valence-corrected chi connectivity index (χ2v) is 1.35. The van der Waals surface area contributed by atoms with Crippen molar-refractivity contribution in [3.63, 3.8) is 0 Å². The smallest absolute Gasteiger partial charge is 0.411 e. The van der Waals surface area contributed by atoms with Gasteiger partial charge in [0.05, 0.1) is 0 Å². The number of aliphatic imine (C=N–C) groups is 1. The quantitative estimate of drug-likeness (QED) is 0.515. The maximum absolute atomic E-state index is 12.4. The molecule has 0 aromatic carbocycles. The van der Waals surface area contributed by atoms with Crippen LogP contribution in [0.5, 0.6) is 0 Å². The Hall–Kier alpha value is -1.33. The molecule has 6 heteroatoms. The average molecular weight is 131 g/mol. The van der Waals surface area contributed by atoms with Gasteiger partial charge in [-0.3, -0.25) is 0 Å². The first kappa shape index (κ1) is 5.80. The van der Waals surface area contributed by atoms with Gasteiger partial charge in [-0.25, -0.2) is 4.79 Å². The molecule has 1 unspecified atom stereocenters. The minimum Gasteiger partial charge on any atom is -0.476 e. The monoisotopic (exact) mass is 131 g/mol. The summed E-state index contributed by atoms with van der Waals surface area (Å²) in [5.74, 6) is -4.61. The first-order valence-electron chi connectivity index (χ1n) is 2.03. The number of carboxylic acid groups (broad SMARTS) is 1. The average Bonchev–Trinajstić information content (AvgIpc) is 2.16. The lowest BCUT2D eigenvalue weighted by molar-refractivity contribution is -0.149. The molecule has 0 spiro atoms. The SMILES string of the molecule is O=C(O)C1(F)N=CN=N1. The molecule has 5 nitrogen and oxygen atoms in total. The van der Waals surface area contributed by atoms with Crippen LogP contribution in [0.3, 0.4) is 0 Å². The maximum Gasteiger partial charge on any atom is 0.411 e. The zero-order valence-electron chi connectivity index (χ0n) is 4.15. The Balaban J connectivity index is 2.88. The van der Waals surface area contributed by atoms with Gasteiger partial charge < -0.3 is 5.11 Å². The van der Waals surface area contributed by atoms with Crippen LogP contribution in [0, 0.1) is 0 Å². The van der Waals surface area contributed by atoms with Crippen molar-refractivity contribution >= 4 is 12.3 Å². The van der Waals surface area contributed by atoms with Crippen molar-refractivity contribution < 1.29 is 14.3 Å². The van der Waals surface area contributed by atoms with E-state index in [4.69, 9.17) is 5.11 Å². The number of hydrogen-bond acceptors (Lipinski definition) is 4. The van der Waals surface area contributed by atoms with Gasteiger partial charge in [0.1, 0.15) is 6.34 Å². The number of rotatable bonds is 1. The minimum absolute atomic E-state index is 0.758. The van der Waals surface area contributed by atoms with Gasteiger partial charge in [0.25, 0.3) is 0 Å². The first-order valence-corrected chi connectivity index (χ1v) is 2.03. The summed E-state index contributed by atoms with van der Waals surface area (Å²) in [6.45, 7) is 0. The van der Waals surface area contributed by atoms with Gasteiger partial charge in [-0.05, 0) is 0 Å². The predicted molar refractivity (Wildman–Crippen MR) is 24.8 cm³/mol. The number of azo groups is 1. The molecule has 0 aromatic rings. The van der Waals surface area contributed by atoms with Crippen LogP contribution in [0.4, 0.5) is 4.39 Å². The number of alkyl halides is 1. The highest BCUT2D eigenvalue weighted by atomic mass is 19.1. The second kappa shape index (κ2) is 1.57. The highest BCUT2D eigenvalue weighted by Crippen LogP contribution is 2.18. The predicted octanol–water partition coefficient (Wildman–Crippen LogP) is 0.188. The van der Waals surface area contributed by atoms with Gasteiger partial charge in [-0.2, -0.15) is 9.38 Å². The maximum atomic E-state index is 12.4. The third-order valence-electron chi connectivity index (χ3n) is 0.743. The molecule has 1 N–H and O–H groups in total. The van der Waals surface area contributed by atoms with Crippen LogP contribution in [0.2, 0.25) is 0 Å². The fraction of sp³-hybridized carbons (Fsp3) is 0.333. The first-order chi connectivity index (χ1) is 4.15. The summed E-state index contributed by atoms with van der Waals surface area (Å²) < 4.78 is 12.4. The Labute approximate surface area is 48.9 Å². The van der Waals surface area contributed by atoms with E-state index in [1.165, 1.54) is 0 Å². The summed E-state index contributed by atoms with van der Waals surface area (Å²) in [5, 5.41) is 13.7. The van der Waals surface area contributed by atoms with Crippen molar-refractivity contribution in [3.8, 4) is 0 Å². The topological polar surface area (TPSA) is 74.4 Å². The largest absolute Gasteiger partial charge is 0.476 e. The zero-order chi connectivity index (χ0) is 6.91. The normalized spacial score (nSPS) is 31.2. The van der Waals surface area contributed by atoms with Gasteiger partial charge in [0, 0.05) is 0 Å². The molecule has 0 saturated carbocycles. The molecule has 0 radical (unpaired) electrons. The molecule has 9 heavy (non-hydrogen) atoms. The molecule has 0 aliphatic carbocycles. The number of carbonyl (C=O) groups is 1. The summed E-state index contributed by atoms with van der Waals surface area (Å²) in [4.78, 5) is 12.7. The molecule has 1 aliphatic heterocycles. The summed E-state index contributed by atoms with van der Waals surface area (Å²) in [6.07, 6.45) is 0.758. The van der Waals surface area contributed by atoms with Gasteiger partial charge in [-0.15, -0.1) is 10.2 Å².